The Morgan fingerprint density at radius 3 is 2.68 bits per heavy atom. The van der Waals surface area contributed by atoms with Crippen molar-refractivity contribution in [3.05, 3.63) is 36.3 Å². The first-order valence-corrected chi connectivity index (χ1v) is 8.13. The summed E-state index contributed by atoms with van der Waals surface area (Å²) in [5, 5.41) is 6.13. The van der Waals surface area contributed by atoms with Crippen LogP contribution in [0.25, 0.3) is 11.3 Å². The van der Waals surface area contributed by atoms with E-state index in [1.807, 2.05) is 0 Å². The maximum absolute atomic E-state index is 11.4. The van der Waals surface area contributed by atoms with Crippen LogP contribution in [-0.4, -0.2) is 36.8 Å². The summed E-state index contributed by atoms with van der Waals surface area (Å²) in [7, 11) is -2.42. The van der Waals surface area contributed by atoms with E-state index < -0.39 is 10.1 Å². The Bertz CT molecular complexity index is 752. The monoisotopic (exact) mass is 326 g/mol. The number of nitrogens with one attached hydrogen (secondary N) is 1. The molecular weight excluding hydrogens is 310 g/mol. The van der Waals surface area contributed by atoms with Crippen molar-refractivity contribution < 1.29 is 26.9 Å². The lowest BCUT2D eigenvalue weighted by molar-refractivity contribution is -0.696. The average Bonchev–Trinajstić information content (AvgIpc) is 2.95. The summed E-state index contributed by atoms with van der Waals surface area (Å²) in [5.74, 6) is -0.144. The van der Waals surface area contributed by atoms with Crippen molar-refractivity contribution in [3.8, 4) is 11.3 Å². The van der Waals surface area contributed by atoms with Crippen LogP contribution in [0.2, 0.25) is 0 Å². The Labute approximate surface area is 127 Å². The van der Waals surface area contributed by atoms with Crippen LogP contribution in [0, 0.1) is 0 Å². The topological polar surface area (TPSA) is 113 Å². The lowest BCUT2D eigenvalue weighted by Gasteiger charge is -1.97. The molecule has 0 fully saturated rings. The molecule has 0 spiro atoms. The predicted octanol–water partition coefficient (Wildman–Crippen LogP) is 0.267. The van der Waals surface area contributed by atoms with Crippen LogP contribution < -0.4 is 9.88 Å². The van der Waals surface area contributed by atoms with Crippen molar-refractivity contribution in [2.24, 2.45) is 0 Å². The number of carbonyl (C=O) groups is 1. The number of hydrogen-bond acceptors (Lipinski definition) is 5. The summed E-state index contributed by atoms with van der Waals surface area (Å²) in [4.78, 5) is 11.4. The standard InChI is InChI=1S/C13H15N3O5S/c1-14-13(17)11-9-12(21-15-11)10-3-6-16(7-4-10)5-2-8-22(18,19)20/h3-4,6-7,9H,2,5,8H2,1H3,(H-,14,17,18,19,20)/p+1. The minimum absolute atomic E-state index is 0.197. The molecule has 0 saturated heterocycles. The Hall–Kier alpha value is -2.26. The highest BCUT2D eigenvalue weighted by molar-refractivity contribution is 7.85. The van der Waals surface area contributed by atoms with Gasteiger partial charge in [-0.3, -0.25) is 9.35 Å². The van der Waals surface area contributed by atoms with Crippen molar-refractivity contribution >= 4 is 16.0 Å². The number of pyridine rings is 1. The molecule has 0 atom stereocenters. The van der Waals surface area contributed by atoms with Gasteiger partial charge < -0.3 is 9.84 Å². The Morgan fingerprint density at radius 1 is 1.41 bits per heavy atom. The fraction of sp³-hybridized carbons (Fsp3) is 0.308. The minimum atomic E-state index is -3.93. The zero-order valence-electron chi connectivity index (χ0n) is 11.9. The SMILES string of the molecule is CNC(=O)c1cc(-c2cc[n+](CCCS(=O)(=O)O)cc2)on1. The van der Waals surface area contributed by atoms with Gasteiger partial charge >= 0.3 is 0 Å². The summed E-state index contributed by atoms with van der Waals surface area (Å²) in [6, 6.07) is 5.07. The number of aromatic nitrogens is 2. The zero-order valence-corrected chi connectivity index (χ0v) is 12.7. The minimum Gasteiger partial charge on any atom is -0.355 e. The van der Waals surface area contributed by atoms with Gasteiger partial charge in [0, 0.05) is 37.2 Å². The molecule has 0 aliphatic carbocycles. The van der Waals surface area contributed by atoms with E-state index in [0.29, 0.717) is 18.7 Å². The van der Waals surface area contributed by atoms with Crippen LogP contribution in [0.5, 0.6) is 0 Å². The number of aryl methyl sites for hydroxylation is 1. The Kier molecular flexibility index (Phi) is 4.88. The molecule has 2 heterocycles. The molecular formula is C13H16N3O5S+. The molecule has 2 aromatic heterocycles. The quantitative estimate of drug-likeness (QED) is 0.582. The van der Waals surface area contributed by atoms with E-state index >= 15 is 0 Å². The molecule has 1 amide bonds. The number of amides is 1. The first-order valence-electron chi connectivity index (χ1n) is 6.52. The lowest BCUT2D eigenvalue weighted by atomic mass is 10.2. The molecule has 0 saturated carbocycles. The normalized spacial score (nSPS) is 11.4. The van der Waals surface area contributed by atoms with Gasteiger partial charge in [-0.25, -0.2) is 4.57 Å². The smallest absolute Gasteiger partial charge is 0.273 e. The van der Waals surface area contributed by atoms with Gasteiger partial charge in [0.1, 0.15) is 6.54 Å². The molecule has 2 rings (SSSR count). The number of rotatable bonds is 6. The molecule has 0 radical (unpaired) electrons. The molecule has 2 aromatic rings. The predicted molar refractivity (Wildman–Crippen MR) is 76.6 cm³/mol. The van der Waals surface area contributed by atoms with E-state index in [2.05, 4.69) is 10.5 Å². The van der Waals surface area contributed by atoms with Gasteiger partial charge in [0.2, 0.25) is 0 Å². The van der Waals surface area contributed by atoms with Crippen LogP contribution >= 0.6 is 0 Å². The maximum Gasteiger partial charge on any atom is 0.273 e. The number of hydrogen-bond donors (Lipinski definition) is 2. The fourth-order valence-electron chi connectivity index (χ4n) is 1.85. The summed E-state index contributed by atoms with van der Waals surface area (Å²) in [6.07, 6.45) is 3.81. The fourth-order valence-corrected chi connectivity index (χ4v) is 2.34. The summed E-state index contributed by atoms with van der Waals surface area (Å²) < 4.78 is 36.8. The number of nitrogens with zero attached hydrogens (tertiary/aromatic N) is 2. The van der Waals surface area contributed by atoms with Crippen LogP contribution in [0.3, 0.4) is 0 Å². The van der Waals surface area contributed by atoms with Gasteiger partial charge in [-0.1, -0.05) is 5.16 Å². The summed E-state index contributed by atoms with van der Waals surface area (Å²) in [5.41, 5.74) is 0.941. The van der Waals surface area contributed by atoms with Crippen molar-refractivity contribution in [1.29, 1.82) is 0 Å². The third-order valence-electron chi connectivity index (χ3n) is 2.96. The van der Waals surface area contributed by atoms with Crippen LogP contribution in [-0.2, 0) is 16.7 Å². The lowest BCUT2D eigenvalue weighted by Crippen LogP contribution is -2.33. The molecule has 118 valence electrons. The van der Waals surface area contributed by atoms with E-state index in [1.165, 1.54) is 13.1 Å². The van der Waals surface area contributed by atoms with Gasteiger partial charge in [0.05, 0.1) is 5.75 Å². The summed E-state index contributed by atoms with van der Waals surface area (Å²) in [6.45, 7) is 0.458. The molecule has 9 heteroatoms. The van der Waals surface area contributed by atoms with Gasteiger partial charge in [0.25, 0.3) is 16.0 Å². The highest BCUT2D eigenvalue weighted by Gasteiger charge is 2.13. The highest BCUT2D eigenvalue weighted by Crippen LogP contribution is 2.18. The van der Waals surface area contributed by atoms with Crippen molar-refractivity contribution in [1.82, 2.24) is 10.5 Å². The first-order chi connectivity index (χ1) is 10.4. The molecule has 0 unspecified atom stereocenters. The van der Waals surface area contributed by atoms with Gasteiger partial charge in [0.15, 0.2) is 23.8 Å². The van der Waals surface area contributed by atoms with Gasteiger partial charge in [-0.05, 0) is 0 Å². The first kappa shape index (κ1) is 16.1. The van der Waals surface area contributed by atoms with Crippen LogP contribution in [0.1, 0.15) is 16.9 Å². The van der Waals surface area contributed by atoms with Crippen LogP contribution in [0.4, 0.5) is 0 Å². The largest absolute Gasteiger partial charge is 0.355 e. The van der Waals surface area contributed by atoms with Crippen molar-refractivity contribution in [2.75, 3.05) is 12.8 Å². The van der Waals surface area contributed by atoms with Crippen molar-refractivity contribution in [2.45, 2.75) is 13.0 Å². The molecule has 0 aromatic carbocycles. The molecule has 8 nitrogen and oxygen atoms in total. The van der Waals surface area contributed by atoms with E-state index in [4.69, 9.17) is 9.08 Å². The average molecular weight is 326 g/mol. The second-order valence-electron chi connectivity index (χ2n) is 4.62. The zero-order chi connectivity index (χ0) is 16.2. The van der Waals surface area contributed by atoms with Gasteiger partial charge in [-0.2, -0.15) is 8.42 Å². The summed E-state index contributed by atoms with van der Waals surface area (Å²) >= 11 is 0. The van der Waals surface area contributed by atoms with E-state index in [9.17, 15) is 13.2 Å². The van der Waals surface area contributed by atoms with Crippen molar-refractivity contribution in [3.63, 3.8) is 0 Å². The van der Waals surface area contributed by atoms with Crippen LogP contribution in [0.15, 0.2) is 35.1 Å². The molecule has 0 aliphatic heterocycles. The third kappa shape index (κ3) is 4.37. The molecule has 22 heavy (non-hydrogen) atoms. The van der Waals surface area contributed by atoms with E-state index in [-0.39, 0.29) is 17.4 Å². The highest BCUT2D eigenvalue weighted by atomic mass is 32.2. The second kappa shape index (κ2) is 6.67. The molecule has 0 aliphatic rings. The second-order valence-corrected chi connectivity index (χ2v) is 6.19. The molecule has 0 bridgehead atoms. The Balaban J connectivity index is 2.02. The number of carbonyl (C=O) groups excluding carboxylic acids is 1. The third-order valence-corrected chi connectivity index (χ3v) is 3.77. The maximum atomic E-state index is 11.4. The Morgan fingerprint density at radius 2 is 2.09 bits per heavy atom. The molecule has 2 N–H and O–H groups in total. The van der Waals surface area contributed by atoms with Gasteiger partial charge in [-0.15, -0.1) is 0 Å². The van der Waals surface area contributed by atoms with E-state index in [0.717, 1.165) is 5.56 Å². The van der Waals surface area contributed by atoms with E-state index in [1.54, 1.807) is 29.1 Å².